The molecule has 2 aliphatic heterocycles. The molecule has 0 N–H and O–H groups in total. The summed E-state index contributed by atoms with van der Waals surface area (Å²) in [5, 5.41) is 0.636. The predicted molar refractivity (Wildman–Crippen MR) is 103 cm³/mol. The predicted octanol–water partition coefficient (Wildman–Crippen LogP) is 3.02. The van der Waals surface area contributed by atoms with Gasteiger partial charge in [0.25, 0.3) is 0 Å². The maximum Gasteiger partial charge on any atom is 0.348 e. The van der Waals surface area contributed by atoms with E-state index in [9.17, 15) is 9.59 Å². The molecular weight excluding hydrogens is 376 g/mol. The normalized spacial score (nSPS) is 19.5. The van der Waals surface area contributed by atoms with Crippen molar-refractivity contribution >= 4 is 16.9 Å². The largest absolute Gasteiger partial charge is 0.486 e. The first-order valence-electron chi connectivity index (χ1n) is 9.46. The van der Waals surface area contributed by atoms with E-state index in [0.29, 0.717) is 52.6 Å². The van der Waals surface area contributed by atoms with Gasteiger partial charge >= 0.3 is 11.6 Å². The van der Waals surface area contributed by atoms with E-state index in [1.807, 2.05) is 6.07 Å². The first-order chi connectivity index (χ1) is 14.2. The van der Waals surface area contributed by atoms with Gasteiger partial charge in [-0.2, -0.15) is 0 Å². The van der Waals surface area contributed by atoms with E-state index in [2.05, 4.69) is 0 Å². The van der Waals surface area contributed by atoms with E-state index in [4.69, 9.17) is 23.4 Å². The zero-order valence-electron chi connectivity index (χ0n) is 15.7. The van der Waals surface area contributed by atoms with E-state index in [-0.39, 0.29) is 6.61 Å². The molecule has 5 rings (SSSR count). The molecule has 0 aliphatic carbocycles. The van der Waals surface area contributed by atoms with Crippen LogP contribution in [0.2, 0.25) is 0 Å². The summed E-state index contributed by atoms with van der Waals surface area (Å²) < 4.78 is 28.0. The molecule has 29 heavy (non-hydrogen) atoms. The summed E-state index contributed by atoms with van der Waals surface area (Å²) in [4.78, 5) is 25.6. The summed E-state index contributed by atoms with van der Waals surface area (Å²) >= 11 is 0. The highest BCUT2D eigenvalue weighted by atomic mass is 16.6. The Hall–Kier alpha value is -3.48. The zero-order chi connectivity index (χ0) is 20.0. The van der Waals surface area contributed by atoms with Gasteiger partial charge in [-0.15, -0.1) is 0 Å². The van der Waals surface area contributed by atoms with Gasteiger partial charge in [0.2, 0.25) is 6.10 Å². The molecule has 0 unspecified atom stereocenters. The minimum atomic E-state index is -0.999. The molecule has 3 heterocycles. The Labute approximate surface area is 165 Å². The third-order valence-electron chi connectivity index (χ3n) is 5.10. The Morgan fingerprint density at radius 3 is 2.72 bits per heavy atom. The van der Waals surface area contributed by atoms with Crippen molar-refractivity contribution in [3.8, 4) is 17.2 Å². The van der Waals surface area contributed by atoms with Crippen LogP contribution < -0.4 is 19.8 Å². The summed E-state index contributed by atoms with van der Waals surface area (Å²) in [6, 6.07) is 12.4. The van der Waals surface area contributed by atoms with Crippen molar-refractivity contribution < 1.29 is 28.2 Å². The number of para-hydroxylation sites is 1. The lowest BCUT2D eigenvalue weighted by molar-refractivity contribution is -0.151. The van der Waals surface area contributed by atoms with Gasteiger partial charge in [-0.3, -0.25) is 0 Å². The standard InChI is InChI=1S/C22H18O7/c1-2-25-22(24)20-17(12-7-8-15-16(11-12)27-10-9-26-15)18-19(29-20)13-5-3-4-6-14(13)28-21(18)23/h3-8,11,17,20H,2,9-10H2,1H3/t17-,20+/m1/s1. The number of carbonyl (C=O) groups is 1. The van der Waals surface area contributed by atoms with Crippen LogP contribution in [0.4, 0.5) is 0 Å². The third kappa shape index (κ3) is 2.81. The molecule has 2 aliphatic rings. The van der Waals surface area contributed by atoms with Crippen molar-refractivity contribution in [2.24, 2.45) is 0 Å². The second kappa shape index (κ2) is 6.84. The van der Waals surface area contributed by atoms with E-state index in [0.717, 1.165) is 0 Å². The maximum atomic E-state index is 12.9. The minimum absolute atomic E-state index is 0.207. The molecule has 148 valence electrons. The first-order valence-corrected chi connectivity index (χ1v) is 9.46. The number of fused-ring (bicyclic) bond motifs is 4. The van der Waals surface area contributed by atoms with Crippen LogP contribution in [-0.4, -0.2) is 31.9 Å². The van der Waals surface area contributed by atoms with Gasteiger partial charge in [0.15, 0.2) is 11.5 Å². The Bertz CT molecular complexity index is 1160. The fourth-order valence-corrected chi connectivity index (χ4v) is 3.88. The number of hydrogen-bond donors (Lipinski definition) is 0. The van der Waals surface area contributed by atoms with E-state index in [1.165, 1.54) is 0 Å². The van der Waals surface area contributed by atoms with Crippen LogP contribution in [0.5, 0.6) is 17.2 Å². The second-order valence-electron chi connectivity index (χ2n) is 6.80. The van der Waals surface area contributed by atoms with Gasteiger partial charge < -0.3 is 23.4 Å². The van der Waals surface area contributed by atoms with Gasteiger partial charge in [0.05, 0.1) is 23.5 Å². The van der Waals surface area contributed by atoms with Crippen LogP contribution in [0, 0.1) is 0 Å². The fourth-order valence-electron chi connectivity index (χ4n) is 3.88. The highest BCUT2D eigenvalue weighted by Gasteiger charge is 2.45. The summed E-state index contributed by atoms with van der Waals surface area (Å²) in [6.45, 7) is 2.84. The molecule has 0 bridgehead atoms. The van der Waals surface area contributed by atoms with E-state index >= 15 is 0 Å². The molecule has 1 aromatic heterocycles. The molecule has 0 fully saturated rings. The van der Waals surface area contributed by atoms with Crippen molar-refractivity contribution in [1.29, 1.82) is 0 Å². The van der Waals surface area contributed by atoms with Crippen LogP contribution in [0.1, 0.15) is 24.0 Å². The van der Waals surface area contributed by atoms with E-state index in [1.54, 1.807) is 43.3 Å². The average molecular weight is 394 g/mol. The Morgan fingerprint density at radius 1 is 1.10 bits per heavy atom. The van der Waals surface area contributed by atoms with Gasteiger partial charge in [0, 0.05) is 0 Å². The quantitative estimate of drug-likeness (QED) is 0.499. The molecule has 3 aromatic rings. The second-order valence-corrected chi connectivity index (χ2v) is 6.80. The molecule has 2 aromatic carbocycles. The Morgan fingerprint density at radius 2 is 1.90 bits per heavy atom. The van der Waals surface area contributed by atoms with Crippen molar-refractivity contribution in [3.63, 3.8) is 0 Å². The molecule has 0 spiro atoms. The molecule has 2 atom stereocenters. The van der Waals surface area contributed by atoms with Crippen LogP contribution in [0.15, 0.2) is 51.7 Å². The van der Waals surface area contributed by atoms with Gasteiger partial charge in [0.1, 0.15) is 24.5 Å². The molecule has 7 heteroatoms. The van der Waals surface area contributed by atoms with E-state index < -0.39 is 23.6 Å². The number of hydrogen-bond acceptors (Lipinski definition) is 7. The van der Waals surface area contributed by atoms with Crippen molar-refractivity contribution in [2.45, 2.75) is 18.9 Å². The van der Waals surface area contributed by atoms with Crippen molar-refractivity contribution in [1.82, 2.24) is 0 Å². The summed E-state index contributed by atoms with van der Waals surface area (Å²) in [7, 11) is 0. The van der Waals surface area contributed by atoms with Crippen LogP contribution in [0.25, 0.3) is 11.0 Å². The minimum Gasteiger partial charge on any atom is -0.486 e. The smallest absolute Gasteiger partial charge is 0.348 e. The van der Waals surface area contributed by atoms with Crippen LogP contribution >= 0.6 is 0 Å². The number of ether oxygens (including phenoxy) is 4. The van der Waals surface area contributed by atoms with Gasteiger partial charge in [-0.05, 0) is 36.8 Å². The summed E-state index contributed by atoms with van der Waals surface area (Å²) in [5.41, 5.74) is 0.860. The first kappa shape index (κ1) is 17.6. The molecule has 7 nitrogen and oxygen atoms in total. The number of rotatable bonds is 3. The lowest BCUT2D eigenvalue weighted by Crippen LogP contribution is -2.32. The zero-order valence-corrected chi connectivity index (χ0v) is 15.7. The van der Waals surface area contributed by atoms with Crippen LogP contribution in [-0.2, 0) is 9.53 Å². The molecular formula is C22H18O7. The SMILES string of the molecule is CCOC(=O)[C@H]1Oc2c(c(=O)oc3ccccc23)[C@H]1c1ccc2c(c1)OCCO2. The number of benzene rings is 2. The highest BCUT2D eigenvalue weighted by Crippen LogP contribution is 2.46. The molecule has 0 saturated heterocycles. The number of carbonyl (C=O) groups excluding carboxylic acids is 1. The average Bonchev–Trinajstić information content (AvgIpc) is 3.15. The third-order valence-corrected chi connectivity index (χ3v) is 5.10. The molecule has 0 saturated carbocycles. The fraction of sp³-hybridized carbons (Fsp3) is 0.273. The number of esters is 1. The lowest BCUT2D eigenvalue weighted by atomic mass is 9.88. The van der Waals surface area contributed by atoms with Crippen LogP contribution in [0.3, 0.4) is 0 Å². The summed E-state index contributed by atoms with van der Waals surface area (Å²) in [5.74, 6) is 0.329. The molecule has 0 amide bonds. The Kier molecular flexibility index (Phi) is 4.16. The monoisotopic (exact) mass is 394 g/mol. The molecule has 0 radical (unpaired) electrons. The maximum absolute atomic E-state index is 12.9. The Balaban J connectivity index is 1.70. The van der Waals surface area contributed by atoms with Crippen molar-refractivity contribution in [2.75, 3.05) is 19.8 Å². The van der Waals surface area contributed by atoms with Gasteiger partial charge in [-0.1, -0.05) is 18.2 Å². The van der Waals surface area contributed by atoms with Gasteiger partial charge in [-0.25, -0.2) is 9.59 Å². The topological polar surface area (TPSA) is 84.2 Å². The summed E-state index contributed by atoms with van der Waals surface area (Å²) in [6.07, 6.45) is -0.999. The lowest BCUT2D eigenvalue weighted by Gasteiger charge is -2.22. The van der Waals surface area contributed by atoms with Crippen molar-refractivity contribution in [3.05, 3.63) is 64.0 Å². The highest BCUT2D eigenvalue weighted by molar-refractivity contribution is 5.88.